The van der Waals surface area contributed by atoms with E-state index in [1.807, 2.05) is 0 Å². The zero-order chi connectivity index (χ0) is 43.0. The lowest BCUT2D eigenvalue weighted by atomic mass is 10.0. The van der Waals surface area contributed by atoms with Gasteiger partial charge in [-0.15, -0.1) is 0 Å². The summed E-state index contributed by atoms with van der Waals surface area (Å²) in [5.41, 5.74) is 0. The summed E-state index contributed by atoms with van der Waals surface area (Å²) in [5.74, 6) is -0.147. The molecule has 0 aromatic carbocycles. The van der Waals surface area contributed by atoms with Gasteiger partial charge in [0, 0.05) is 6.42 Å². The molecule has 5 nitrogen and oxygen atoms in total. The van der Waals surface area contributed by atoms with Crippen LogP contribution < -0.4 is 5.32 Å². The van der Waals surface area contributed by atoms with Crippen LogP contribution in [-0.4, -0.2) is 46.1 Å². The van der Waals surface area contributed by atoms with Crippen LogP contribution in [0.5, 0.6) is 0 Å². The predicted molar refractivity (Wildman–Crippen MR) is 259 cm³/mol. The highest BCUT2D eigenvalue weighted by Crippen LogP contribution is 2.18. The Morgan fingerprint density at radius 3 is 0.983 bits per heavy atom. The van der Waals surface area contributed by atoms with Crippen molar-refractivity contribution in [3.8, 4) is 0 Å². The van der Waals surface area contributed by atoms with E-state index in [1.165, 1.54) is 238 Å². The first-order chi connectivity index (χ1) is 29.1. The molecule has 0 bridgehead atoms. The number of unbranched alkanes of at least 4 members (excludes halogenated alkanes) is 40. The molecule has 0 heterocycles. The number of aliphatic hydroxyl groups excluding tert-OH is 3. The molecule has 3 unspecified atom stereocenters. The summed E-state index contributed by atoms with van der Waals surface area (Å²) in [6.07, 6.45) is 60.7. The SMILES string of the molecule is CCCCCCCCCCCCCCCCCCCC/C=C/CCCC(O)C(O)C(CO)NC(=O)CCCCCCCCCCCCCCCCCCCCCCCC. The average Bonchev–Trinajstić information content (AvgIpc) is 3.24. The van der Waals surface area contributed by atoms with E-state index in [4.69, 9.17) is 0 Å². The van der Waals surface area contributed by atoms with Crippen LogP contribution >= 0.6 is 0 Å². The first kappa shape index (κ1) is 58.1. The summed E-state index contributed by atoms with van der Waals surface area (Å²) >= 11 is 0. The molecule has 4 N–H and O–H groups in total. The van der Waals surface area contributed by atoms with Crippen LogP contribution in [0, 0.1) is 0 Å². The van der Waals surface area contributed by atoms with Crippen molar-refractivity contribution in [2.45, 2.75) is 321 Å². The number of amides is 1. The van der Waals surface area contributed by atoms with Crippen LogP contribution in [0.15, 0.2) is 12.2 Å². The Balaban J connectivity index is 3.56. The number of hydrogen-bond donors (Lipinski definition) is 4. The zero-order valence-electron chi connectivity index (χ0n) is 40.2. The van der Waals surface area contributed by atoms with Crippen molar-refractivity contribution in [3.63, 3.8) is 0 Å². The number of allylic oxidation sites excluding steroid dienone is 2. The van der Waals surface area contributed by atoms with Crippen LogP contribution in [0.4, 0.5) is 0 Å². The van der Waals surface area contributed by atoms with Crippen molar-refractivity contribution in [2.24, 2.45) is 0 Å². The molecule has 352 valence electrons. The summed E-state index contributed by atoms with van der Waals surface area (Å²) in [6.45, 7) is 4.21. The monoisotopic (exact) mass is 834 g/mol. The van der Waals surface area contributed by atoms with E-state index in [-0.39, 0.29) is 12.5 Å². The fraction of sp³-hybridized carbons (Fsp3) is 0.944. The van der Waals surface area contributed by atoms with Gasteiger partial charge in [0.05, 0.1) is 18.8 Å². The molecule has 0 fully saturated rings. The molecule has 0 aromatic rings. The molecule has 0 aliphatic rings. The highest BCUT2D eigenvalue weighted by atomic mass is 16.3. The van der Waals surface area contributed by atoms with Gasteiger partial charge in [-0.05, 0) is 38.5 Å². The van der Waals surface area contributed by atoms with Crippen molar-refractivity contribution in [3.05, 3.63) is 12.2 Å². The summed E-state index contributed by atoms with van der Waals surface area (Å²) in [7, 11) is 0. The highest BCUT2D eigenvalue weighted by Gasteiger charge is 2.26. The number of nitrogens with one attached hydrogen (secondary N) is 1. The molecule has 0 spiro atoms. The van der Waals surface area contributed by atoms with Crippen LogP contribution in [0.1, 0.15) is 303 Å². The maximum absolute atomic E-state index is 12.5. The molecule has 3 atom stereocenters. The van der Waals surface area contributed by atoms with E-state index < -0.39 is 18.2 Å². The van der Waals surface area contributed by atoms with Crippen LogP contribution in [-0.2, 0) is 4.79 Å². The predicted octanol–water partition coefficient (Wildman–Crippen LogP) is 16.3. The largest absolute Gasteiger partial charge is 0.394 e. The van der Waals surface area contributed by atoms with Gasteiger partial charge in [0.15, 0.2) is 0 Å². The number of carbonyl (C=O) groups excluding carboxylic acids is 1. The first-order valence-electron chi connectivity index (χ1n) is 27.0. The van der Waals surface area contributed by atoms with E-state index in [9.17, 15) is 20.1 Å². The zero-order valence-corrected chi connectivity index (χ0v) is 40.2. The Morgan fingerprint density at radius 1 is 0.407 bits per heavy atom. The fourth-order valence-electron chi connectivity index (χ4n) is 8.70. The van der Waals surface area contributed by atoms with Gasteiger partial charge in [-0.25, -0.2) is 0 Å². The molecule has 0 saturated carbocycles. The summed E-state index contributed by atoms with van der Waals surface area (Å²) in [6, 6.07) is -0.822. The molecule has 59 heavy (non-hydrogen) atoms. The van der Waals surface area contributed by atoms with Crippen molar-refractivity contribution in [2.75, 3.05) is 6.61 Å². The van der Waals surface area contributed by atoms with E-state index in [1.54, 1.807) is 0 Å². The van der Waals surface area contributed by atoms with Crippen molar-refractivity contribution in [1.82, 2.24) is 5.32 Å². The second-order valence-electron chi connectivity index (χ2n) is 18.8. The van der Waals surface area contributed by atoms with Gasteiger partial charge < -0.3 is 20.6 Å². The van der Waals surface area contributed by atoms with Gasteiger partial charge in [-0.3, -0.25) is 4.79 Å². The lowest BCUT2D eigenvalue weighted by Crippen LogP contribution is -2.50. The van der Waals surface area contributed by atoms with Gasteiger partial charge in [0.1, 0.15) is 6.10 Å². The Hall–Kier alpha value is -0.910. The second-order valence-corrected chi connectivity index (χ2v) is 18.8. The minimum Gasteiger partial charge on any atom is -0.394 e. The lowest BCUT2D eigenvalue weighted by molar-refractivity contribution is -0.124. The molecule has 0 aromatic heterocycles. The van der Waals surface area contributed by atoms with E-state index >= 15 is 0 Å². The second kappa shape index (κ2) is 49.7. The normalized spacial score (nSPS) is 13.4. The van der Waals surface area contributed by atoms with Gasteiger partial charge in [0.25, 0.3) is 0 Å². The number of carbonyl (C=O) groups is 1. The number of hydrogen-bond acceptors (Lipinski definition) is 4. The molecule has 0 aliphatic carbocycles. The summed E-state index contributed by atoms with van der Waals surface area (Å²) < 4.78 is 0. The van der Waals surface area contributed by atoms with Crippen LogP contribution in [0.2, 0.25) is 0 Å². The fourth-order valence-corrected chi connectivity index (χ4v) is 8.70. The van der Waals surface area contributed by atoms with Gasteiger partial charge in [-0.1, -0.05) is 270 Å². The quantitative estimate of drug-likeness (QED) is 0.0363. The molecule has 0 radical (unpaired) electrons. The third-order valence-electron chi connectivity index (χ3n) is 12.9. The summed E-state index contributed by atoms with van der Waals surface area (Å²) in [4.78, 5) is 12.5. The first-order valence-corrected chi connectivity index (χ1v) is 27.0. The van der Waals surface area contributed by atoms with Gasteiger partial charge in [-0.2, -0.15) is 0 Å². The maximum atomic E-state index is 12.5. The Labute approximate surface area is 369 Å². The van der Waals surface area contributed by atoms with Crippen molar-refractivity contribution >= 4 is 5.91 Å². The average molecular weight is 834 g/mol. The standard InChI is InChI=1S/C54H107NO4/c1-3-5-7-9-11-13-15-17-19-21-23-25-27-28-30-32-34-36-38-40-42-44-46-48-52(57)54(59)51(50-56)55-53(58)49-47-45-43-41-39-37-35-33-31-29-26-24-22-20-18-16-14-12-10-8-6-4-2/h40,42,51-52,54,56-57,59H,3-39,41,43-50H2,1-2H3,(H,55,58)/b42-40+. The highest BCUT2D eigenvalue weighted by molar-refractivity contribution is 5.76. The van der Waals surface area contributed by atoms with Crippen LogP contribution in [0.25, 0.3) is 0 Å². The molecule has 1 amide bonds. The Kier molecular flexibility index (Phi) is 49.0. The summed E-state index contributed by atoms with van der Waals surface area (Å²) in [5, 5.41) is 33.7. The lowest BCUT2D eigenvalue weighted by Gasteiger charge is -2.26. The topological polar surface area (TPSA) is 89.8 Å². The Bertz CT molecular complexity index is 833. The minimum absolute atomic E-state index is 0.147. The molecule has 5 heteroatoms. The van der Waals surface area contributed by atoms with Crippen LogP contribution in [0.3, 0.4) is 0 Å². The third-order valence-corrected chi connectivity index (χ3v) is 12.9. The van der Waals surface area contributed by atoms with Crippen molar-refractivity contribution in [1.29, 1.82) is 0 Å². The number of aliphatic hydroxyl groups is 3. The van der Waals surface area contributed by atoms with Crippen molar-refractivity contribution < 1.29 is 20.1 Å². The molecule has 0 aliphatic heterocycles. The third kappa shape index (κ3) is 44.9. The smallest absolute Gasteiger partial charge is 0.220 e. The molecule has 0 rings (SSSR count). The van der Waals surface area contributed by atoms with E-state index in [0.717, 1.165) is 38.5 Å². The maximum Gasteiger partial charge on any atom is 0.220 e. The molecule has 0 saturated heterocycles. The Morgan fingerprint density at radius 2 is 0.678 bits per heavy atom. The van der Waals surface area contributed by atoms with E-state index in [2.05, 4.69) is 31.3 Å². The van der Waals surface area contributed by atoms with E-state index in [0.29, 0.717) is 12.8 Å². The minimum atomic E-state index is -1.16. The molecular weight excluding hydrogens is 727 g/mol. The number of rotatable bonds is 50. The van der Waals surface area contributed by atoms with Gasteiger partial charge >= 0.3 is 0 Å². The van der Waals surface area contributed by atoms with Gasteiger partial charge in [0.2, 0.25) is 5.91 Å². The molecular formula is C54H107NO4.